The lowest BCUT2D eigenvalue weighted by Crippen LogP contribution is -2.17. The number of halogens is 1. The van der Waals surface area contributed by atoms with E-state index in [0.717, 1.165) is 23.5 Å². The Bertz CT molecular complexity index is 396. The molecule has 17 heavy (non-hydrogen) atoms. The van der Waals surface area contributed by atoms with Crippen LogP contribution in [0, 0.1) is 5.92 Å². The minimum atomic E-state index is 0.390. The molecule has 0 aliphatic heterocycles. The van der Waals surface area contributed by atoms with Gasteiger partial charge < -0.3 is 11.1 Å². The predicted molar refractivity (Wildman–Crippen MR) is 83.4 cm³/mol. The number of benzene rings is 1. The Hall–Kier alpha value is -0.450. The van der Waals surface area contributed by atoms with E-state index >= 15 is 0 Å². The first-order chi connectivity index (χ1) is 8.04. The quantitative estimate of drug-likeness (QED) is 0.787. The van der Waals surface area contributed by atoms with E-state index in [4.69, 9.17) is 29.6 Å². The van der Waals surface area contributed by atoms with Crippen molar-refractivity contribution in [3.8, 4) is 0 Å². The summed E-state index contributed by atoms with van der Waals surface area (Å²) in [6, 6.07) is 5.51. The maximum Gasteiger partial charge on any atom is 0.106 e. The van der Waals surface area contributed by atoms with Crippen LogP contribution in [-0.4, -0.2) is 23.5 Å². The van der Waals surface area contributed by atoms with Gasteiger partial charge in [-0.2, -0.15) is 11.8 Å². The van der Waals surface area contributed by atoms with Crippen molar-refractivity contribution in [2.75, 3.05) is 23.9 Å². The molecule has 3 N–H and O–H groups in total. The van der Waals surface area contributed by atoms with Crippen molar-refractivity contribution in [1.82, 2.24) is 0 Å². The molecule has 0 saturated carbocycles. The summed E-state index contributed by atoms with van der Waals surface area (Å²) in [5, 5.41) is 4.04. The van der Waals surface area contributed by atoms with Gasteiger partial charge in [-0.05, 0) is 36.1 Å². The maximum absolute atomic E-state index is 5.97. The van der Waals surface area contributed by atoms with Crippen molar-refractivity contribution in [2.45, 2.75) is 6.92 Å². The molecule has 0 spiro atoms. The molecule has 0 aliphatic carbocycles. The molecule has 0 heterocycles. The third-order valence-corrected chi connectivity index (χ3v) is 3.70. The first-order valence-electron chi connectivity index (χ1n) is 5.36. The maximum atomic E-state index is 5.97. The topological polar surface area (TPSA) is 38.0 Å². The van der Waals surface area contributed by atoms with Gasteiger partial charge in [0.25, 0.3) is 0 Å². The molecule has 0 aliphatic rings. The highest BCUT2D eigenvalue weighted by Gasteiger charge is 2.07. The Morgan fingerprint density at radius 3 is 2.88 bits per heavy atom. The second kappa shape index (κ2) is 7.09. The largest absolute Gasteiger partial charge is 0.389 e. The molecule has 0 amide bonds. The van der Waals surface area contributed by atoms with Gasteiger partial charge in [0.15, 0.2) is 0 Å². The van der Waals surface area contributed by atoms with E-state index in [1.807, 2.05) is 23.9 Å². The summed E-state index contributed by atoms with van der Waals surface area (Å²) >= 11 is 12.8. The van der Waals surface area contributed by atoms with Gasteiger partial charge in [-0.1, -0.05) is 30.7 Å². The van der Waals surface area contributed by atoms with Gasteiger partial charge in [0.05, 0.1) is 0 Å². The van der Waals surface area contributed by atoms with E-state index < -0.39 is 0 Å². The van der Waals surface area contributed by atoms with E-state index in [9.17, 15) is 0 Å². The first-order valence-corrected chi connectivity index (χ1v) is 7.54. The van der Waals surface area contributed by atoms with E-state index in [1.54, 1.807) is 6.07 Å². The molecule has 0 bridgehead atoms. The van der Waals surface area contributed by atoms with Gasteiger partial charge in [0.1, 0.15) is 4.99 Å². The van der Waals surface area contributed by atoms with Gasteiger partial charge in [-0.25, -0.2) is 0 Å². The van der Waals surface area contributed by atoms with Gasteiger partial charge in [-0.3, -0.25) is 0 Å². The Labute approximate surface area is 117 Å². The fourth-order valence-corrected chi connectivity index (χ4v) is 2.54. The zero-order chi connectivity index (χ0) is 12.8. The lowest BCUT2D eigenvalue weighted by Gasteiger charge is -2.15. The lowest BCUT2D eigenvalue weighted by molar-refractivity contribution is 0.701. The highest BCUT2D eigenvalue weighted by atomic mass is 35.5. The molecule has 1 unspecified atom stereocenters. The van der Waals surface area contributed by atoms with Gasteiger partial charge in [-0.15, -0.1) is 0 Å². The summed E-state index contributed by atoms with van der Waals surface area (Å²) in [4.78, 5) is 0.390. The Kier molecular flexibility index (Phi) is 6.09. The second-order valence-electron chi connectivity index (χ2n) is 4.00. The van der Waals surface area contributed by atoms with Crippen LogP contribution in [0.5, 0.6) is 0 Å². The van der Waals surface area contributed by atoms with Crippen LogP contribution >= 0.6 is 35.6 Å². The minimum Gasteiger partial charge on any atom is -0.389 e. The number of nitrogens with one attached hydrogen (secondary N) is 1. The van der Waals surface area contributed by atoms with E-state index in [0.29, 0.717) is 15.9 Å². The molecule has 2 nitrogen and oxygen atoms in total. The van der Waals surface area contributed by atoms with Crippen molar-refractivity contribution in [3.05, 3.63) is 28.8 Å². The molecular formula is C12H17ClN2S2. The van der Waals surface area contributed by atoms with Gasteiger partial charge >= 0.3 is 0 Å². The first kappa shape index (κ1) is 14.6. The monoisotopic (exact) mass is 288 g/mol. The summed E-state index contributed by atoms with van der Waals surface area (Å²) in [7, 11) is 0. The zero-order valence-corrected chi connectivity index (χ0v) is 12.4. The van der Waals surface area contributed by atoms with Crippen LogP contribution < -0.4 is 11.1 Å². The van der Waals surface area contributed by atoms with Crippen LogP contribution in [0.3, 0.4) is 0 Å². The van der Waals surface area contributed by atoms with Gasteiger partial charge in [0.2, 0.25) is 0 Å². The molecule has 1 aromatic carbocycles. The number of hydrogen-bond acceptors (Lipinski definition) is 3. The van der Waals surface area contributed by atoms with Gasteiger partial charge in [0, 0.05) is 22.8 Å². The summed E-state index contributed by atoms with van der Waals surface area (Å²) in [5.74, 6) is 1.71. The Morgan fingerprint density at radius 2 is 2.29 bits per heavy atom. The Morgan fingerprint density at radius 1 is 1.59 bits per heavy atom. The molecule has 0 saturated heterocycles. The van der Waals surface area contributed by atoms with Crippen LogP contribution in [-0.2, 0) is 0 Å². The number of thiocarbonyl (C=S) groups is 1. The van der Waals surface area contributed by atoms with Crippen molar-refractivity contribution in [1.29, 1.82) is 0 Å². The highest BCUT2D eigenvalue weighted by molar-refractivity contribution is 7.98. The molecule has 1 aromatic rings. The zero-order valence-electron chi connectivity index (χ0n) is 10.00. The molecule has 0 fully saturated rings. The molecule has 0 radical (unpaired) electrons. The normalized spacial score (nSPS) is 12.2. The van der Waals surface area contributed by atoms with Crippen LogP contribution in [0.1, 0.15) is 12.5 Å². The van der Waals surface area contributed by atoms with Crippen LogP contribution in [0.25, 0.3) is 0 Å². The SMILES string of the molecule is CSCC(C)CNc1cc(Cl)ccc1C(N)=S. The third-order valence-electron chi connectivity index (χ3n) is 2.34. The third kappa shape index (κ3) is 4.74. The van der Waals surface area contributed by atoms with Crippen LogP contribution in [0.4, 0.5) is 5.69 Å². The number of rotatable bonds is 6. The molecular weight excluding hydrogens is 272 g/mol. The number of anilines is 1. The Balaban J connectivity index is 2.75. The molecule has 5 heteroatoms. The molecule has 1 rings (SSSR count). The highest BCUT2D eigenvalue weighted by Crippen LogP contribution is 2.21. The molecule has 0 aromatic heterocycles. The summed E-state index contributed by atoms with van der Waals surface area (Å²) in [6.45, 7) is 3.09. The van der Waals surface area contributed by atoms with Crippen molar-refractivity contribution in [3.63, 3.8) is 0 Å². The summed E-state index contributed by atoms with van der Waals surface area (Å²) in [5.41, 5.74) is 7.44. The second-order valence-corrected chi connectivity index (χ2v) is 5.78. The fraction of sp³-hybridized carbons (Fsp3) is 0.417. The summed E-state index contributed by atoms with van der Waals surface area (Å²) in [6.07, 6.45) is 2.11. The van der Waals surface area contributed by atoms with E-state index in [2.05, 4.69) is 18.5 Å². The van der Waals surface area contributed by atoms with Crippen molar-refractivity contribution < 1.29 is 0 Å². The standard InChI is InChI=1S/C12H17ClN2S2/c1-8(7-17-2)6-15-11-5-9(13)3-4-10(11)12(14)16/h3-5,8,15H,6-7H2,1-2H3,(H2,14,16). The molecule has 1 atom stereocenters. The van der Waals surface area contributed by atoms with Crippen LogP contribution in [0.15, 0.2) is 18.2 Å². The smallest absolute Gasteiger partial charge is 0.106 e. The van der Waals surface area contributed by atoms with Crippen LogP contribution in [0.2, 0.25) is 5.02 Å². The number of thioether (sulfide) groups is 1. The molecule has 94 valence electrons. The van der Waals surface area contributed by atoms with E-state index in [1.165, 1.54) is 0 Å². The average molecular weight is 289 g/mol. The van der Waals surface area contributed by atoms with Crippen molar-refractivity contribution >= 4 is 46.3 Å². The summed E-state index contributed by atoms with van der Waals surface area (Å²) < 4.78 is 0. The lowest BCUT2D eigenvalue weighted by atomic mass is 10.1. The minimum absolute atomic E-state index is 0.390. The number of hydrogen-bond donors (Lipinski definition) is 2. The number of nitrogens with two attached hydrogens (primary N) is 1. The van der Waals surface area contributed by atoms with E-state index in [-0.39, 0.29) is 0 Å². The van der Waals surface area contributed by atoms with Crippen molar-refractivity contribution in [2.24, 2.45) is 11.7 Å². The average Bonchev–Trinajstić information content (AvgIpc) is 2.26. The predicted octanol–water partition coefficient (Wildman–Crippen LogP) is 3.39. The fourth-order valence-electron chi connectivity index (χ4n) is 1.51.